The molecule has 6 heteroatoms. The van der Waals surface area contributed by atoms with Gasteiger partial charge in [-0.1, -0.05) is 30.3 Å². The fourth-order valence-electron chi connectivity index (χ4n) is 1.59. The minimum absolute atomic E-state index is 0.198. The van der Waals surface area contributed by atoms with Gasteiger partial charge in [-0.05, 0) is 5.56 Å². The van der Waals surface area contributed by atoms with Crippen LogP contribution in [0.3, 0.4) is 0 Å². The van der Waals surface area contributed by atoms with Gasteiger partial charge in [0.1, 0.15) is 12.1 Å². The fraction of sp³-hybridized carbons (Fsp3) is 0.0833. The highest BCUT2D eigenvalue weighted by Gasteiger charge is 2.05. The van der Waals surface area contributed by atoms with Crippen molar-refractivity contribution in [2.24, 2.45) is 0 Å². The van der Waals surface area contributed by atoms with Crippen LogP contribution in [0.5, 0.6) is 6.01 Å². The SMILES string of the molecule is Nc1ncc2[nH]c(OCc3ccccc3)nc2n1. The van der Waals surface area contributed by atoms with Crippen molar-refractivity contribution in [1.82, 2.24) is 19.9 Å². The van der Waals surface area contributed by atoms with Crippen LogP contribution in [0.4, 0.5) is 5.95 Å². The molecule has 3 aromatic rings. The second-order valence-electron chi connectivity index (χ2n) is 3.78. The summed E-state index contributed by atoms with van der Waals surface area (Å²) in [5, 5.41) is 0. The summed E-state index contributed by atoms with van der Waals surface area (Å²) in [4.78, 5) is 15.0. The van der Waals surface area contributed by atoms with E-state index in [1.54, 1.807) is 6.20 Å². The molecule has 18 heavy (non-hydrogen) atoms. The summed E-state index contributed by atoms with van der Waals surface area (Å²) in [5.41, 5.74) is 7.76. The predicted octanol–water partition coefficient (Wildman–Crippen LogP) is 1.51. The molecule has 0 aliphatic heterocycles. The molecule has 0 bridgehead atoms. The quantitative estimate of drug-likeness (QED) is 0.725. The van der Waals surface area contributed by atoms with Gasteiger partial charge in [0.15, 0.2) is 5.65 Å². The van der Waals surface area contributed by atoms with Gasteiger partial charge in [-0.2, -0.15) is 9.97 Å². The van der Waals surface area contributed by atoms with Gasteiger partial charge in [-0.3, -0.25) is 0 Å². The maximum Gasteiger partial charge on any atom is 0.296 e. The minimum Gasteiger partial charge on any atom is -0.460 e. The number of nitrogens with one attached hydrogen (secondary N) is 1. The molecule has 0 atom stereocenters. The molecule has 0 aliphatic rings. The molecule has 0 aliphatic carbocycles. The van der Waals surface area contributed by atoms with Crippen molar-refractivity contribution in [3.8, 4) is 6.01 Å². The standard InChI is InChI=1S/C12H11N5O/c13-11-14-6-9-10(16-11)17-12(15-9)18-7-8-4-2-1-3-5-8/h1-6H,7H2,(H3,13,14,15,16,17). The Morgan fingerprint density at radius 2 is 2.00 bits per heavy atom. The predicted molar refractivity (Wildman–Crippen MR) is 66.9 cm³/mol. The molecule has 0 amide bonds. The number of ether oxygens (including phenoxy) is 1. The van der Waals surface area contributed by atoms with E-state index in [-0.39, 0.29) is 5.95 Å². The second kappa shape index (κ2) is 4.33. The molecule has 0 radical (unpaired) electrons. The number of nitrogens with two attached hydrogens (primary N) is 1. The van der Waals surface area contributed by atoms with Gasteiger partial charge in [0.05, 0.1) is 6.20 Å². The zero-order valence-electron chi connectivity index (χ0n) is 9.50. The lowest BCUT2D eigenvalue weighted by molar-refractivity contribution is 0.284. The third-order valence-corrected chi connectivity index (χ3v) is 2.45. The van der Waals surface area contributed by atoms with Crippen molar-refractivity contribution in [3.63, 3.8) is 0 Å². The number of aromatic amines is 1. The fourth-order valence-corrected chi connectivity index (χ4v) is 1.59. The zero-order chi connectivity index (χ0) is 12.4. The van der Waals surface area contributed by atoms with Crippen LogP contribution in [0, 0.1) is 0 Å². The van der Waals surface area contributed by atoms with E-state index in [0.717, 1.165) is 5.56 Å². The number of H-pyrrole nitrogens is 1. The monoisotopic (exact) mass is 241 g/mol. The van der Waals surface area contributed by atoms with Crippen LogP contribution in [-0.4, -0.2) is 19.9 Å². The Hall–Kier alpha value is -2.63. The average molecular weight is 241 g/mol. The van der Waals surface area contributed by atoms with Crippen molar-refractivity contribution in [1.29, 1.82) is 0 Å². The summed E-state index contributed by atoms with van der Waals surface area (Å²) in [6.45, 7) is 0.448. The maximum absolute atomic E-state index is 5.54. The molecular weight excluding hydrogens is 230 g/mol. The van der Waals surface area contributed by atoms with Crippen LogP contribution in [0.1, 0.15) is 5.56 Å². The second-order valence-corrected chi connectivity index (χ2v) is 3.78. The van der Waals surface area contributed by atoms with Gasteiger partial charge in [0, 0.05) is 0 Å². The Kier molecular flexibility index (Phi) is 2.53. The Morgan fingerprint density at radius 1 is 1.17 bits per heavy atom. The van der Waals surface area contributed by atoms with Crippen LogP contribution >= 0.6 is 0 Å². The first-order valence-electron chi connectivity index (χ1n) is 5.46. The number of rotatable bonds is 3. The number of hydrogen-bond donors (Lipinski definition) is 2. The average Bonchev–Trinajstić information content (AvgIpc) is 2.79. The summed E-state index contributed by atoms with van der Waals surface area (Å²) < 4.78 is 5.54. The Morgan fingerprint density at radius 3 is 2.83 bits per heavy atom. The number of benzene rings is 1. The van der Waals surface area contributed by atoms with Gasteiger partial charge in [0.25, 0.3) is 6.01 Å². The molecule has 0 fully saturated rings. The molecule has 6 nitrogen and oxygen atoms in total. The molecule has 90 valence electrons. The molecular formula is C12H11N5O. The van der Waals surface area contributed by atoms with Crippen molar-refractivity contribution < 1.29 is 4.74 Å². The van der Waals surface area contributed by atoms with Crippen molar-refractivity contribution >= 4 is 17.1 Å². The first kappa shape index (κ1) is 10.5. The molecule has 1 aromatic carbocycles. The van der Waals surface area contributed by atoms with E-state index in [1.807, 2.05) is 30.3 Å². The van der Waals surface area contributed by atoms with E-state index in [1.165, 1.54) is 0 Å². The Bertz CT molecular complexity index is 665. The van der Waals surface area contributed by atoms with E-state index in [4.69, 9.17) is 10.5 Å². The first-order valence-corrected chi connectivity index (χ1v) is 5.46. The highest BCUT2D eigenvalue weighted by Crippen LogP contribution is 2.14. The third kappa shape index (κ3) is 2.08. The zero-order valence-corrected chi connectivity index (χ0v) is 9.50. The topological polar surface area (TPSA) is 89.7 Å². The maximum atomic E-state index is 5.54. The molecule has 2 aromatic heterocycles. The lowest BCUT2D eigenvalue weighted by atomic mass is 10.2. The van der Waals surface area contributed by atoms with E-state index < -0.39 is 0 Å². The third-order valence-electron chi connectivity index (χ3n) is 2.45. The van der Waals surface area contributed by atoms with E-state index in [0.29, 0.717) is 23.8 Å². The first-order chi connectivity index (χ1) is 8.81. The van der Waals surface area contributed by atoms with Gasteiger partial charge < -0.3 is 15.5 Å². The summed E-state index contributed by atoms with van der Waals surface area (Å²) in [6, 6.07) is 10.3. The van der Waals surface area contributed by atoms with Crippen LogP contribution in [0.2, 0.25) is 0 Å². The number of nitrogen functional groups attached to an aromatic ring is 1. The van der Waals surface area contributed by atoms with E-state index in [2.05, 4.69) is 19.9 Å². The summed E-state index contributed by atoms with van der Waals surface area (Å²) >= 11 is 0. The molecule has 0 saturated heterocycles. The van der Waals surface area contributed by atoms with Crippen LogP contribution in [0.15, 0.2) is 36.5 Å². The molecule has 2 heterocycles. The number of nitrogens with zero attached hydrogens (tertiary/aromatic N) is 3. The van der Waals surface area contributed by atoms with Crippen molar-refractivity contribution in [2.75, 3.05) is 5.73 Å². The lowest BCUT2D eigenvalue weighted by Crippen LogP contribution is -1.96. The van der Waals surface area contributed by atoms with Crippen LogP contribution in [0.25, 0.3) is 11.2 Å². The number of imidazole rings is 1. The Balaban J connectivity index is 1.79. The molecule has 0 unspecified atom stereocenters. The highest BCUT2D eigenvalue weighted by atomic mass is 16.5. The Labute approximate surface area is 103 Å². The van der Waals surface area contributed by atoms with Crippen molar-refractivity contribution in [2.45, 2.75) is 6.61 Å². The molecule has 0 saturated carbocycles. The van der Waals surface area contributed by atoms with Gasteiger partial charge in [0.2, 0.25) is 5.95 Å². The van der Waals surface area contributed by atoms with Gasteiger partial charge >= 0.3 is 0 Å². The normalized spacial score (nSPS) is 10.7. The molecule has 3 rings (SSSR count). The summed E-state index contributed by atoms with van der Waals surface area (Å²) in [6.07, 6.45) is 1.58. The van der Waals surface area contributed by atoms with E-state index in [9.17, 15) is 0 Å². The number of hydrogen-bond acceptors (Lipinski definition) is 5. The van der Waals surface area contributed by atoms with E-state index >= 15 is 0 Å². The number of fused-ring (bicyclic) bond motifs is 1. The van der Waals surface area contributed by atoms with Gasteiger partial charge in [-0.25, -0.2) is 4.98 Å². The number of aromatic nitrogens is 4. The minimum atomic E-state index is 0.198. The highest BCUT2D eigenvalue weighted by molar-refractivity contribution is 5.71. The largest absolute Gasteiger partial charge is 0.460 e. The van der Waals surface area contributed by atoms with Gasteiger partial charge in [-0.15, -0.1) is 0 Å². The smallest absolute Gasteiger partial charge is 0.296 e. The van der Waals surface area contributed by atoms with Crippen molar-refractivity contribution in [3.05, 3.63) is 42.1 Å². The van der Waals surface area contributed by atoms with Crippen LogP contribution < -0.4 is 10.5 Å². The molecule has 0 spiro atoms. The summed E-state index contributed by atoms with van der Waals surface area (Å²) in [5.74, 6) is 0.198. The summed E-state index contributed by atoms with van der Waals surface area (Å²) in [7, 11) is 0. The number of anilines is 1. The van der Waals surface area contributed by atoms with Crippen LogP contribution in [-0.2, 0) is 6.61 Å². The molecule has 3 N–H and O–H groups in total. The lowest BCUT2D eigenvalue weighted by Gasteiger charge is -2.01.